The highest BCUT2D eigenvalue weighted by molar-refractivity contribution is 7.89. The third kappa shape index (κ3) is 4.45. The monoisotopic (exact) mass is 447 g/mol. The smallest absolute Gasteiger partial charge is 0.243 e. The summed E-state index contributed by atoms with van der Waals surface area (Å²) in [5, 5.41) is 2.84. The average molecular weight is 448 g/mol. The predicted octanol–water partition coefficient (Wildman–Crippen LogP) is 1.74. The lowest BCUT2D eigenvalue weighted by molar-refractivity contribution is -0.126. The highest BCUT2D eigenvalue weighted by atomic mass is 32.2. The normalized spacial score (nSPS) is 17.6. The summed E-state index contributed by atoms with van der Waals surface area (Å²) in [6.45, 7) is 3.01. The van der Waals surface area contributed by atoms with E-state index >= 15 is 0 Å². The van der Waals surface area contributed by atoms with Gasteiger partial charge in [0.2, 0.25) is 21.8 Å². The van der Waals surface area contributed by atoms with Crippen LogP contribution in [0.25, 0.3) is 0 Å². The van der Waals surface area contributed by atoms with Crippen LogP contribution >= 0.6 is 0 Å². The number of ether oxygens (including phenoxy) is 1. The van der Waals surface area contributed by atoms with Gasteiger partial charge in [-0.3, -0.25) is 9.59 Å². The Balaban J connectivity index is 1.42. The number of carbonyl (C=O) groups excluding carboxylic acids is 2. The van der Waals surface area contributed by atoms with Crippen molar-refractivity contribution in [3.05, 3.63) is 42.4 Å². The fourth-order valence-corrected chi connectivity index (χ4v) is 5.41. The van der Waals surface area contributed by atoms with E-state index in [1.807, 2.05) is 0 Å². The quantitative estimate of drug-likeness (QED) is 0.748. The summed E-state index contributed by atoms with van der Waals surface area (Å²) < 4.78 is 38.5. The Bertz CT molecular complexity index is 1060. The van der Waals surface area contributed by atoms with E-state index in [0.717, 1.165) is 0 Å². The van der Waals surface area contributed by atoms with E-state index < -0.39 is 10.0 Å². The Labute approximate surface area is 181 Å². The molecular weight excluding hydrogens is 422 g/mol. The number of anilines is 1. The molecule has 4 rings (SSSR count). The van der Waals surface area contributed by atoms with Crippen LogP contribution in [-0.2, 0) is 26.2 Å². The van der Waals surface area contributed by atoms with Crippen molar-refractivity contribution in [2.24, 2.45) is 5.92 Å². The SMILES string of the molecule is CC(=O)N1CCOc2ccc(S(=O)(=O)N3CCC(C(=O)NCc4ccco4)CC3)cc21. The van der Waals surface area contributed by atoms with Crippen LogP contribution in [0, 0.1) is 5.92 Å². The third-order valence-electron chi connectivity index (χ3n) is 5.65. The minimum Gasteiger partial charge on any atom is -0.490 e. The number of hydrogen-bond acceptors (Lipinski definition) is 6. The number of hydrogen-bond donors (Lipinski definition) is 1. The van der Waals surface area contributed by atoms with Crippen molar-refractivity contribution in [1.82, 2.24) is 9.62 Å². The molecule has 2 aliphatic heterocycles. The molecular formula is C21H25N3O6S. The number of benzene rings is 1. The van der Waals surface area contributed by atoms with Crippen molar-refractivity contribution in [3.63, 3.8) is 0 Å². The van der Waals surface area contributed by atoms with Gasteiger partial charge in [0.25, 0.3) is 0 Å². The second-order valence-corrected chi connectivity index (χ2v) is 9.56. The number of amides is 2. The number of carbonyl (C=O) groups is 2. The molecule has 1 saturated heterocycles. The van der Waals surface area contributed by atoms with Gasteiger partial charge in [-0.05, 0) is 43.2 Å². The van der Waals surface area contributed by atoms with E-state index in [9.17, 15) is 18.0 Å². The summed E-state index contributed by atoms with van der Waals surface area (Å²) >= 11 is 0. The molecule has 0 spiro atoms. The molecule has 1 aromatic carbocycles. The Morgan fingerprint density at radius 3 is 2.61 bits per heavy atom. The second-order valence-electron chi connectivity index (χ2n) is 7.62. The molecule has 10 heteroatoms. The van der Waals surface area contributed by atoms with Gasteiger partial charge < -0.3 is 19.4 Å². The number of furan rings is 1. The Morgan fingerprint density at radius 2 is 1.94 bits per heavy atom. The van der Waals surface area contributed by atoms with E-state index in [0.29, 0.717) is 49.7 Å². The van der Waals surface area contributed by atoms with E-state index in [1.54, 1.807) is 24.5 Å². The van der Waals surface area contributed by atoms with Gasteiger partial charge in [-0.25, -0.2) is 8.42 Å². The van der Waals surface area contributed by atoms with Gasteiger partial charge in [0.15, 0.2) is 0 Å². The third-order valence-corrected chi connectivity index (χ3v) is 7.55. The zero-order valence-corrected chi connectivity index (χ0v) is 18.1. The maximum absolute atomic E-state index is 13.2. The summed E-state index contributed by atoms with van der Waals surface area (Å²) in [5.41, 5.74) is 0.465. The van der Waals surface area contributed by atoms with Crippen molar-refractivity contribution >= 4 is 27.5 Å². The number of fused-ring (bicyclic) bond motifs is 1. The summed E-state index contributed by atoms with van der Waals surface area (Å²) in [6, 6.07) is 8.12. The number of nitrogens with zero attached hydrogens (tertiary/aromatic N) is 2. The largest absolute Gasteiger partial charge is 0.490 e. The van der Waals surface area contributed by atoms with Crippen LogP contribution in [0.15, 0.2) is 45.9 Å². The van der Waals surface area contributed by atoms with Crippen LogP contribution < -0.4 is 15.0 Å². The molecule has 0 aliphatic carbocycles. The van der Waals surface area contributed by atoms with Crippen LogP contribution in [0.2, 0.25) is 0 Å². The topological polar surface area (TPSA) is 109 Å². The minimum atomic E-state index is -3.75. The molecule has 9 nitrogen and oxygen atoms in total. The molecule has 0 saturated carbocycles. The van der Waals surface area contributed by atoms with Crippen molar-refractivity contribution in [2.45, 2.75) is 31.2 Å². The zero-order valence-electron chi connectivity index (χ0n) is 17.2. The minimum absolute atomic E-state index is 0.100. The molecule has 0 atom stereocenters. The standard InChI is InChI=1S/C21H25N3O6S/c1-15(25)24-10-12-30-20-5-4-18(13-19(20)24)31(27,28)23-8-6-16(7-9-23)21(26)22-14-17-3-2-11-29-17/h2-5,11,13,16H,6-10,12,14H2,1H3,(H,22,26). The van der Waals surface area contributed by atoms with Gasteiger partial charge in [0.1, 0.15) is 18.1 Å². The first-order valence-electron chi connectivity index (χ1n) is 10.2. The highest BCUT2D eigenvalue weighted by Crippen LogP contribution is 2.35. The Kier molecular flexibility index (Phi) is 6.01. The second kappa shape index (κ2) is 8.72. The van der Waals surface area contributed by atoms with Crippen LogP contribution in [0.5, 0.6) is 5.75 Å². The molecule has 1 fully saturated rings. The van der Waals surface area contributed by atoms with Gasteiger partial charge in [0, 0.05) is 25.9 Å². The molecule has 3 heterocycles. The number of nitrogens with one attached hydrogen (secondary N) is 1. The number of sulfonamides is 1. The van der Waals surface area contributed by atoms with Crippen molar-refractivity contribution in [2.75, 3.05) is 31.1 Å². The Morgan fingerprint density at radius 1 is 1.16 bits per heavy atom. The zero-order chi connectivity index (χ0) is 22.0. The van der Waals surface area contributed by atoms with Gasteiger partial charge in [-0.2, -0.15) is 4.31 Å². The van der Waals surface area contributed by atoms with Crippen LogP contribution in [-0.4, -0.2) is 50.8 Å². The molecule has 2 aromatic rings. The predicted molar refractivity (Wildman–Crippen MR) is 112 cm³/mol. The van der Waals surface area contributed by atoms with Gasteiger partial charge in [0.05, 0.1) is 29.9 Å². The maximum Gasteiger partial charge on any atom is 0.243 e. The van der Waals surface area contributed by atoms with E-state index in [-0.39, 0.29) is 35.7 Å². The molecule has 0 bridgehead atoms. The van der Waals surface area contributed by atoms with Gasteiger partial charge >= 0.3 is 0 Å². The van der Waals surface area contributed by atoms with E-state index in [2.05, 4.69) is 5.32 Å². The number of piperidine rings is 1. The summed E-state index contributed by atoms with van der Waals surface area (Å²) in [7, 11) is -3.75. The van der Waals surface area contributed by atoms with Crippen molar-refractivity contribution in [1.29, 1.82) is 0 Å². The lowest BCUT2D eigenvalue weighted by Gasteiger charge is -2.32. The lowest BCUT2D eigenvalue weighted by Crippen LogP contribution is -2.43. The first kappa shape index (κ1) is 21.4. The highest BCUT2D eigenvalue weighted by Gasteiger charge is 2.33. The Hall–Kier alpha value is -2.85. The molecule has 166 valence electrons. The van der Waals surface area contributed by atoms with Crippen molar-refractivity contribution < 1.29 is 27.2 Å². The lowest BCUT2D eigenvalue weighted by atomic mass is 9.97. The first-order valence-corrected chi connectivity index (χ1v) is 11.7. The van der Waals surface area contributed by atoms with E-state index in [1.165, 1.54) is 28.3 Å². The van der Waals surface area contributed by atoms with Crippen LogP contribution in [0.1, 0.15) is 25.5 Å². The molecule has 0 unspecified atom stereocenters. The molecule has 2 amide bonds. The molecule has 0 radical (unpaired) electrons. The van der Waals surface area contributed by atoms with Crippen LogP contribution in [0.3, 0.4) is 0 Å². The summed E-state index contributed by atoms with van der Waals surface area (Å²) in [4.78, 5) is 26.0. The van der Waals surface area contributed by atoms with E-state index in [4.69, 9.17) is 9.15 Å². The number of rotatable bonds is 5. The fraction of sp³-hybridized carbons (Fsp3) is 0.429. The van der Waals surface area contributed by atoms with Gasteiger partial charge in [-0.15, -0.1) is 0 Å². The molecule has 1 aromatic heterocycles. The van der Waals surface area contributed by atoms with Crippen LogP contribution in [0.4, 0.5) is 5.69 Å². The summed E-state index contributed by atoms with van der Waals surface area (Å²) in [6.07, 6.45) is 2.43. The first-order chi connectivity index (χ1) is 14.9. The molecule has 1 N–H and O–H groups in total. The average Bonchev–Trinajstić information content (AvgIpc) is 3.30. The fourth-order valence-electron chi connectivity index (χ4n) is 3.92. The van der Waals surface area contributed by atoms with Gasteiger partial charge in [-0.1, -0.05) is 0 Å². The summed E-state index contributed by atoms with van der Waals surface area (Å²) in [5.74, 6) is 0.653. The molecule has 31 heavy (non-hydrogen) atoms. The molecule has 2 aliphatic rings. The maximum atomic E-state index is 13.2. The van der Waals surface area contributed by atoms with Crippen molar-refractivity contribution in [3.8, 4) is 5.75 Å².